The molecule has 0 amide bonds. The average Bonchev–Trinajstić information content (AvgIpc) is 2.30. The standard InChI is InChI=1S/C12H18O3S.Ca/c1-2-3-4-8-11-15-16(13,14)12-9-6-5-7-10-12;/h5-7,9-10H,2-4,8,11H2,1H3;/q;+2. The molecule has 1 aromatic carbocycles. The van der Waals surface area contributed by atoms with Crippen LogP contribution in [0.2, 0.25) is 0 Å². The Labute approximate surface area is 134 Å². The van der Waals surface area contributed by atoms with E-state index < -0.39 is 10.1 Å². The Kier molecular flexibility index (Phi) is 9.55. The molecule has 0 aliphatic heterocycles. The van der Waals surface area contributed by atoms with Gasteiger partial charge in [-0.15, -0.1) is 0 Å². The van der Waals surface area contributed by atoms with E-state index in [1.807, 2.05) is 0 Å². The normalized spacial score (nSPS) is 10.9. The summed E-state index contributed by atoms with van der Waals surface area (Å²) >= 11 is 0. The zero-order chi connectivity index (χ0) is 11.9. The fourth-order valence-corrected chi connectivity index (χ4v) is 2.32. The molecule has 0 unspecified atom stereocenters. The van der Waals surface area contributed by atoms with Crippen LogP contribution in [0.15, 0.2) is 35.2 Å². The van der Waals surface area contributed by atoms with E-state index in [0.717, 1.165) is 25.7 Å². The maximum atomic E-state index is 11.6. The van der Waals surface area contributed by atoms with Gasteiger partial charge in [-0.05, 0) is 18.6 Å². The molecular weight excluding hydrogens is 264 g/mol. The summed E-state index contributed by atoms with van der Waals surface area (Å²) in [4.78, 5) is 0.227. The third kappa shape index (κ3) is 6.77. The first-order valence-electron chi connectivity index (χ1n) is 5.61. The van der Waals surface area contributed by atoms with Crippen LogP contribution in [-0.4, -0.2) is 52.8 Å². The van der Waals surface area contributed by atoms with E-state index in [1.54, 1.807) is 30.3 Å². The molecule has 1 aromatic rings. The van der Waals surface area contributed by atoms with Crippen LogP contribution in [-0.2, 0) is 14.3 Å². The van der Waals surface area contributed by atoms with Gasteiger partial charge in [0.05, 0.1) is 11.5 Å². The van der Waals surface area contributed by atoms with Crippen LogP contribution in [0.1, 0.15) is 32.6 Å². The molecule has 0 saturated heterocycles. The Bertz CT molecular complexity index is 389. The number of benzene rings is 1. The summed E-state index contributed by atoms with van der Waals surface area (Å²) in [5, 5.41) is 0. The quantitative estimate of drug-likeness (QED) is 0.438. The van der Waals surface area contributed by atoms with Gasteiger partial charge in [0.1, 0.15) is 0 Å². The van der Waals surface area contributed by atoms with Crippen LogP contribution < -0.4 is 0 Å². The molecule has 1 rings (SSSR count). The van der Waals surface area contributed by atoms with Gasteiger partial charge in [0.2, 0.25) is 0 Å². The van der Waals surface area contributed by atoms with Crippen molar-refractivity contribution < 1.29 is 12.6 Å². The number of hydrogen-bond acceptors (Lipinski definition) is 3. The minimum atomic E-state index is -3.55. The fourth-order valence-electron chi connectivity index (χ4n) is 1.35. The van der Waals surface area contributed by atoms with Gasteiger partial charge in [-0.1, -0.05) is 44.4 Å². The van der Waals surface area contributed by atoms with Crippen molar-refractivity contribution in [3.05, 3.63) is 30.3 Å². The van der Waals surface area contributed by atoms with Gasteiger partial charge in [-0.3, -0.25) is 4.18 Å². The number of rotatable bonds is 7. The predicted molar refractivity (Wildman–Crippen MR) is 69.5 cm³/mol. The summed E-state index contributed by atoms with van der Waals surface area (Å²) in [5.41, 5.74) is 0. The van der Waals surface area contributed by atoms with Crippen LogP contribution in [0, 0.1) is 0 Å². The molecule has 0 saturated carbocycles. The van der Waals surface area contributed by atoms with E-state index in [-0.39, 0.29) is 49.2 Å². The van der Waals surface area contributed by atoms with Crippen LogP contribution in [0.25, 0.3) is 0 Å². The van der Waals surface area contributed by atoms with Gasteiger partial charge in [-0.2, -0.15) is 8.42 Å². The zero-order valence-corrected chi connectivity index (χ0v) is 13.3. The Morgan fingerprint density at radius 2 is 1.71 bits per heavy atom. The second-order valence-electron chi connectivity index (χ2n) is 3.65. The van der Waals surface area contributed by atoms with E-state index in [4.69, 9.17) is 4.18 Å². The first-order valence-corrected chi connectivity index (χ1v) is 7.02. The molecule has 0 aromatic heterocycles. The van der Waals surface area contributed by atoms with E-state index in [1.165, 1.54) is 0 Å². The minimum Gasteiger partial charge on any atom is -0.266 e. The molecule has 0 bridgehead atoms. The van der Waals surface area contributed by atoms with Crippen LogP contribution >= 0.6 is 0 Å². The van der Waals surface area contributed by atoms with E-state index in [0.29, 0.717) is 0 Å². The molecular formula is C12H18CaO3S+2. The summed E-state index contributed by atoms with van der Waals surface area (Å²) in [6, 6.07) is 8.24. The maximum absolute atomic E-state index is 11.6. The van der Waals surface area contributed by atoms with Crippen molar-refractivity contribution in [2.45, 2.75) is 37.5 Å². The largest absolute Gasteiger partial charge is 2.00 e. The molecule has 17 heavy (non-hydrogen) atoms. The van der Waals surface area contributed by atoms with Crippen LogP contribution in [0.3, 0.4) is 0 Å². The molecule has 0 radical (unpaired) electrons. The van der Waals surface area contributed by atoms with Gasteiger partial charge in [0, 0.05) is 0 Å². The molecule has 0 N–H and O–H groups in total. The zero-order valence-electron chi connectivity index (χ0n) is 10.3. The van der Waals surface area contributed by atoms with Gasteiger partial charge in [0.25, 0.3) is 10.1 Å². The molecule has 0 aliphatic carbocycles. The smallest absolute Gasteiger partial charge is 0.266 e. The van der Waals surface area contributed by atoms with Crippen molar-refractivity contribution in [3.8, 4) is 0 Å². The van der Waals surface area contributed by atoms with Gasteiger partial charge in [-0.25, -0.2) is 0 Å². The van der Waals surface area contributed by atoms with Gasteiger partial charge >= 0.3 is 37.7 Å². The molecule has 90 valence electrons. The van der Waals surface area contributed by atoms with Crippen LogP contribution in [0.5, 0.6) is 0 Å². The second kappa shape index (κ2) is 9.34. The Morgan fingerprint density at radius 1 is 1.06 bits per heavy atom. The summed E-state index contributed by atoms with van der Waals surface area (Å²) in [7, 11) is -3.55. The molecule has 0 aliphatic rings. The third-order valence-electron chi connectivity index (χ3n) is 2.27. The molecule has 0 fully saturated rings. The first kappa shape index (κ1) is 17.4. The van der Waals surface area contributed by atoms with Crippen molar-refractivity contribution in [1.29, 1.82) is 0 Å². The average molecular weight is 282 g/mol. The molecule has 0 atom stereocenters. The van der Waals surface area contributed by atoms with Crippen LogP contribution in [0.4, 0.5) is 0 Å². The van der Waals surface area contributed by atoms with Crippen molar-refractivity contribution in [3.63, 3.8) is 0 Å². The van der Waals surface area contributed by atoms with Crippen molar-refractivity contribution in [2.75, 3.05) is 6.61 Å². The first-order chi connectivity index (χ1) is 7.67. The van der Waals surface area contributed by atoms with E-state index in [2.05, 4.69) is 6.92 Å². The second-order valence-corrected chi connectivity index (χ2v) is 5.27. The predicted octanol–water partition coefficient (Wildman–Crippen LogP) is 2.59. The maximum Gasteiger partial charge on any atom is 2.00 e. The topological polar surface area (TPSA) is 43.4 Å². The fraction of sp³-hybridized carbons (Fsp3) is 0.500. The van der Waals surface area contributed by atoms with E-state index >= 15 is 0 Å². The molecule has 5 heteroatoms. The Balaban J connectivity index is 0.00000256. The van der Waals surface area contributed by atoms with Gasteiger partial charge in [0.15, 0.2) is 0 Å². The van der Waals surface area contributed by atoms with Crippen molar-refractivity contribution in [2.24, 2.45) is 0 Å². The molecule has 0 spiro atoms. The molecule has 3 nitrogen and oxygen atoms in total. The third-order valence-corrected chi connectivity index (χ3v) is 3.59. The monoisotopic (exact) mass is 282 g/mol. The Hall–Kier alpha value is 0.390. The summed E-state index contributed by atoms with van der Waals surface area (Å²) < 4.78 is 28.2. The van der Waals surface area contributed by atoms with E-state index in [9.17, 15) is 8.42 Å². The summed E-state index contributed by atoms with van der Waals surface area (Å²) in [6.07, 6.45) is 4.06. The number of unbranched alkanes of at least 4 members (excludes halogenated alkanes) is 3. The van der Waals surface area contributed by atoms with Gasteiger partial charge < -0.3 is 0 Å². The Morgan fingerprint density at radius 3 is 2.29 bits per heavy atom. The minimum absolute atomic E-state index is 0. The number of hydrogen-bond donors (Lipinski definition) is 0. The van der Waals surface area contributed by atoms with Crippen molar-refractivity contribution >= 4 is 47.9 Å². The SMILES string of the molecule is CCCCCCOS(=O)(=O)c1ccccc1.[Ca+2]. The summed E-state index contributed by atoms with van der Waals surface area (Å²) in [5.74, 6) is 0. The van der Waals surface area contributed by atoms with Crippen molar-refractivity contribution in [1.82, 2.24) is 0 Å². The summed E-state index contributed by atoms with van der Waals surface area (Å²) in [6.45, 7) is 2.39. The molecule has 0 heterocycles.